The van der Waals surface area contributed by atoms with Gasteiger partial charge in [0.25, 0.3) is 0 Å². The summed E-state index contributed by atoms with van der Waals surface area (Å²) in [4.78, 5) is -0.213. The third-order valence-corrected chi connectivity index (χ3v) is 5.52. The summed E-state index contributed by atoms with van der Waals surface area (Å²) in [5.74, 6) is 0. The smallest absolute Gasteiger partial charge is 0.193 e. The molecule has 0 heterocycles. The normalized spacial score (nSPS) is 12.6. The lowest BCUT2D eigenvalue weighted by Crippen LogP contribution is -2.11. The standard InChI is InChI=1S/C15H14O5S2/c1-13-7-9-15(10-8-13)22(18,19)20-21(16,17)12-11-14-5-3-2-4-6-14/h2-12H,1H3. The SMILES string of the molecule is Cc1ccc(S(=O)(=O)OS(=O)(=O)C=Cc2ccccc2)cc1. The van der Waals surface area contributed by atoms with Gasteiger partial charge in [0.05, 0.1) is 10.3 Å². The Morgan fingerprint density at radius 3 is 2.05 bits per heavy atom. The largest absolute Gasteiger partial charge is 0.311 e. The van der Waals surface area contributed by atoms with E-state index in [9.17, 15) is 16.8 Å². The molecule has 0 aliphatic rings. The molecule has 22 heavy (non-hydrogen) atoms. The zero-order valence-electron chi connectivity index (χ0n) is 11.7. The van der Waals surface area contributed by atoms with Crippen LogP contribution in [0.3, 0.4) is 0 Å². The van der Waals surface area contributed by atoms with Crippen molar-refractivity contribution in [1.29, 1.82) is 0 Å². The number of hydrogen-bond acceptors (Lipinski definition) is 5. The van der Waals surface area contributed by atoms with E-state index in [0.717, 1.165) is 5.56 Å². The van der Waals surface area contributed by atoms with Gasteiger partial charge >= 0.3 is 20.2 Å². The molecule has 0 bridgehead atoms. The number of rotatable bonds is 5. The Morgan fingerprint density at radius 2 is 1.45 bits per heavy atom. The minimum Gasteiger partial charge on any atom is -0.193 e. The molecule has 0 amide bonds. The lowest BCUT2D eigenvalue weighted by atomic mass is 10.2. The van der Waals surface area contributed by atoms with E-state index in [1.165, 1.54) is 18.2 Å². The van der Waals surface area contributed by atoms with Gasteiger partial charge in [0.15, 0.2) is 0 Å². The fourth-order valence-corrected chi connectivity index (χ4v) is 3.91. The van der Waals surface area contributed by atoms with Crippen LogP contribution in [0.4, 0.5) is 0 Å². The zero-order valence-corrected chi connectivity index (χ0v) is 13.3. The maximum absolute atomic E-state index is 11.9. The van der Waals surface area contributed by atoms with Crippen LogP contribution in [0.1, 0.15) is 11.1 Å². The highest BCUT2D eigenvalue weighted by Crippen LogP contribution is 2.17. The van der Waals surface area contributed by atoms with Gasteiger partial charge in [0.1, 0.15) is 0 Å². The van der Waals surface area contributed by atoms with Crippen LogP contribution in [-0.4, -0.2) is 16.8 Å². The first kappa shape index (κ1) is 16.4. The molecule has 0 fully saturated rings. The first-order valence-corrected chi connectivity index (χ1v) is 9.17. The Labute approximate surface area is 130 Å². The van der Waals surface area contributed by atoms with Gasteiger partial charge in [-0.05, 0) is 30.7 Å². The molecule has 0 atom stereocenters. The van der Waals surface area contributed by atoms with Crippen molar-refractivity contribution in [2.75, 3.05) is 0 Å². The van der Waals surface area contributed by atoms with Crippen LogP contribution < -0.4 is 0 Å². The zero-order chi connectivity index (χ0) is 16.2. The number of benzene rings is 2. The molecule has 0 spiro atoms. The molecule has 0 aliphatic carbocycles. The Hall–Kier alpha value is -1.96. The number of hydrogen-bond donors (Lipinski definition) is 0. The van der Waals surface area contributed by atoms with Crippen LogP contribution in [0, 0.1) is 6.92 Å². The van der Waals surface area contributed by atoms with Gasteiger partial charge in [-0.1, -0.05) is 48.0 Å². The van der Waals surface area contributed by atoms with Crippen molar-refractivity contribution in [2.24, 2.45) is 0 Å². The first-order valence-electron chi connectivity index (χ1n) is 6.29. The van der Waals surface area contributed by atoms with Crippen LogP contribution in [0.5, 0.6) is 0 Å². The summed E-state index contributed by atoms with van der Waals surface area (Å²) >= 11 is 0. The lowest BCUT2D eigenvalue weighted by molar-refractivity contribution is 0.469. The lowest BCUT2D eigenvalue weighted by Gasteiger charge is -2.03. The van der Waals surface area contributed by atoms with Crippen LogP contribution >= 0.6 is 0 Å². The van der Waals surface area contributed by atoms with E-state index in [0.29, 0.717) is 11.0 Å². The summed E-state index contributed by atoms with van der Waals surface area (Å²) in [6.07, 6.45) is 1.26. The van der Waals surface area contributed by atoms with Gasteiger partial charge in [0, 0.05) is 0 Å². The van der Waals surface area contributed by atoms with Crippen molar-refractivity contribution < 1.29 is 20.5 Å². The van der Waals surface area contributed by atoms with Gasteiger partial charge in [-0.3, -0.25) is 0 Å². The summed E-state index contributed by atoms with van der Waals surface area (Å²) in [5, 5.41) is 0.716. The molecule has 0 aliphatic heterocycles. The van der Waals surface area contributed by atoms with Crippen molar-refractivity contribution in [1.82, 2.24) is 0 Å². The molecule has 2 aromatic rings. The van der Waals surface area contributed by atoms with Gasteiger partial charge in [-0.2, -0.15) is 16.8 Å². The van der Waals surface area contributed by atoms with E-state index in [1.54, 1.807) is 49.4 Å². The Bertz CT molecular complexity index is 865. The van der Waals surface area contributed by atoms with Crippen molar-refractivity contribution in [3.63, 3.8) is 0 Å². The molecule has 0 radical (unpaired) electrons. The van der Waals surface area contributed by atoms with Gasteiger partial charge in [-0.25, -0.2) is 0 Å². The maximum Gasteiger partial charge on any atom is 0.311 e. The van der Waals surface area contributed by atoms with Crippen molar-refractivity contribution in [3.8, 4) is 0 Å². The molecule has 0 N–H and O–H groups in total. The molecule has 0 unspecified atom stereocenters. The predicted octanol–water partition coefficient (Wildman–Crippen LogP) is 2.70. The third kappa shape index (κ3) is 4.52. The Kier molecular flexibility index (Phi) is 4.80. The highest BCUT2D eigenvalue weighted by molar-refractivity contribution is 8.01. The van der Waals surface area contributed by atoms with Crippen LogP contribution in [-0.2, 0) is 23.9 Å². The average Bonchev–Trinajstić information content (AvgIpc) is 2.46. The summed E-state index contributed by atoms with van der Waals surface area (Å²) in [5.41, 5.74) is 1.47. The summed E-state index contributed by atoms with van der Waals surface area (Å²) in [6.45, 7) is 1.79. The Morgan fingerprint density at radius 1 is 0.864 bits per heavy atom. The molecule has 7 heteroatoms. The maximum atomic E-state index is 11.9. The van der Waals surface area contributed by atoms with E-state index in [4.69, 9.17) is 0 Å². The van der Waals surface area contributed by atoms with E-state index in [1.807, 2.05) is 0 Å². The molecule has 0 aromatic heterocycles. The van der Waals surface area contributed by atoms with Crippen LogP contribution in [0.15, 0.2) is 64.9 Å². The second-order valence-corrected chi connectivity index (χ2v) is 7.72. The molecule has 116 valence electrons. The van der Waals surface area contributed by atoms with Gasteiger partial charge in [0.2, 0.25) is 0 Å². The molecule has 2 rings (SSSR count). The summed E-state index contributed by atoms with van der Waals surface area (Å²) in [7, 11) is -8.74. The van der Waals surface area contributed by atoms with E-state index in [2.05, 4.69) is 3.63 Å². The predicted molar refractivity (Wildman–Crippen MR) is 83.8 cm³/mol. The second-order valence-electron chi connectivity index (χ2n) is 4.54. The third-order valence-electron chi connectivity index (χ3n) is 2.72. The minimum atomic E-state index is -4.38. The fraction of sp³-hybridized carbons (Fsp3) is 0.0667. The molecule has 5 nitrogen and oxygen atoms in total. The molecular weight excluding hydrogens is 324 g/mol. The molecule has 2 aromatic carbocycles. The van der Waals surface area contributed by atoms with Crippen LogP contribution in [0.2, 0.25) is 0 Å². The topological polar surface area (TPSA) is 77.5 Å². The highest BCUT2D eigenvalue weighted by Gasteiger charge is 2.22. The Balaban J connectivity index is 2.21. The van der Waals surface area contributed by atoms with Crippen molar-refractivity contribution >= 4 is 26.3 Å². The highest BCUT2D eigenvalue weighted by atomic mass is 32.3. The summed E-state index contributed by atoms with van der Waals surface area (Å²) in [6, 6.07) is 14.3. The first-order chi connectivity index (χ1) is 10.3. The monoisotopic (exact) mass is 338 g/mol. The van der Waals surface area contributed by atoms with E-state index >= 15 is 0 Å². The fourth-order valence-electron chi connectivity index (χ4n) is 1.62. The average molecular weight is 338 g/mol. The number of aryl methyl sites for hydroxylation is 1. The van der Waals surface area contributed by atoms with E-state index < -0.39 is 20.2 Å². The quantitative estimate of drug-likeness (QED) is 0.837. The second kappa shape index (κ2) is 6.43. The van der Waals surface area contributed by atoms with Crippen LogP contribution in [0.25, 0.3) is 6.08 Å². The molecular formula is C15H14O5S2. The molecule has 0 saturated heterocycles. The van der Waals surface area contributed by atoms with E-state index in [-0.39, 0.29) is 4.90 Å². The van der Waals surface area contributed by atoms with Gasteiger partial charge < -0.3 is 0 Å². The van der Waals surface area contributed by atoms with Crippen molar-refractivity contribution in [3.05, 3.63) is 71.1 Å². The van der Waals surface area contributed by atoms with Gasteiger partial charge in [-0.15, -0.1) is 3.63 Å². The molecule has 0 saturated carbocycles. The minimum absolute atomic E-state index is 0.213. The van der Waals surface area contributed by atoms with Crippen molar-refractivity contribution in [2.45, 2.75) is 11.8 Å². The summed E-state index contributed by atoms with van der Waals surface area (Å²) < 4.78 is 51.7.